The number of rotatable bonds is 3. The molecule has 0 aliphatic carbocycles. The number of aromatic nitrogens is 1. The van der Waals surface area contributed by atoms with Gasteiger partial charge in [0.05, 0.1) is 11.3 Å². The van der Waals surface area contributed by atoms with Gasteiger partial charge in [-0.15, -0.1) is 11.3 Å². The molecule has 0 spiro atoms. The van der Waals surface area contributed by atoms with Crippen LogP contribution in [0.1, 0.15) is 10.6 Å². The van der Waals surface area contributed by atoms with Crippen LogP contribution in [0.4, 0.5) is 0 Å². The molecule has 0 bridgehead atoms. The average Bonchev–Trinajstić information content (AvgIpc) is 3.30. The van der Waals surface area contributed by atoms with Crippen LogP contribution in [0.15, 0.2) is 41.8 Å². The van der Waals surface area contributed by atoms with Crippen LogP contribution in [-0.2, 0) is 0 Å². The van der Waals surface area contributed by atoms with Gasteiger partial charge in [-0.05, 0) is 42.0 Å². The highest BCUT2D eigenvalue weighted by Gasteiger charge is 2.16. The molecule has 0 unspecified atom stereocenters. The second-order valence-electron chi connectivity index (χ2n) is 5.44. The predicted molar refractivity (Wildman–Crippen MR) is 104 cm³/mol. The summed E-state index contributed by atoms with van der Waals surface area (Å²) in [4.78, 5) is 4.58. The fourth-order valence-corrected chi connectivity index (χ4v) is 3.76. The Hall–Kier alpha value is -2.52. The summed E-state index contributed by atoms with van der Waals surface area (Å²) in [5.74, 6) is 1.42. The van der Waals surface area contributed by atoms with Crippen molar-refractivity contribution in [3.8, 4) is 28.8 Å². The molecule has 0 atom stereocenters. The third-order valence-electron chi connectivity index (χ3n) is 3.79. The molecule has 2 aromatic carbocycles. The zero-order chi connectivity index (χ0) is 18.1. The Morgan fingerprint density at radius 3 is 2.81 bits per heavy atom. The lowest BCUT2D eigenvalue weighted by molar-refractivity contribution is 0.174. The molecule has 1 aromatic heterocycles. The molecule has 4 nitrogen and oxygen atoms in total. The highest BCUT2D eigenvalue weighted by molar-refractivity contribution is 7.11. The van der Waals surface area contributed by atoms with Crippen LogP contribution in [0.5, 0.6) is 11.5 Å². The van der Waals surface area contributed by atoms with E-state index in [0.717, 1.165) is 17.0 Å². The fourth-order valence-electron chi connectivity index (χ4n) is 2.50. The van der Waals surface area contributed by atoms with E-state index in [1.54, 1.807) is 24.3 Å². The maximum Gasteiger partial charge on any atom is 0.231 e. The van der Waals surface area contributed by atoms with Gasteiger partial charge in [0.1, 0.15) is 11.1 Å². The zero-order valence-electron chi connectivity index (χ0n) is 13.2. The molecule has 26 heavy (non-hydrogen) atoms. The van der Waals surface area contributed by atoms with Gasteiger partial charge >= 0.3 is 0 Å². The third-order valence-corrected chi connectivity index (χ3v) is 5.22. The molecule has 0 radical (unpaired) electrons. The van der Waals surface area contributed by atoms with Crippen molar-refractivity contribution in [3.05, 3.63) is 62.4 Å². The maximum atomic E-state index is 9.54. The van der Waals surface area contributed by atoms with Crippen LogP contribution in [-0.4, -0.2) is 11.8 Å². The van der Waals surface area contributed by atoms with Gasteiger partial charge in [-0.1, -0.05) is 29.3 Å². The van der Waals surface area contributed by atoms with Crippen molar-refractivity contribution in [2.75, 3.05) is 6.79 Å². The number of hydrogen-bond acceptors (Lipinski definition) is 5. The molecule has 1 aliphatic rings. The standard InChI is InChI=1S/C19H10Cl2N2O2S/c20-14-3-1-11(15(21)7-14)5-13(8-22)19-23-16(9-26-19)12-2-4-17-18(6-12)25-10-24-17/h1-7,9H,10H2. The third kappa shape index (κ3) is 3.27. The quantitative estimate of drug-likeness (QED) is 0.512. The van der Waals surface area contributed by atoms with Gasteiger partial charge in [0, 0.05) is 21.0 Å². The summed E-state index contributed by atoms with van der Waals surface area (Å²) in [6.07, 6.45) is 1.71. The topological polar surface area (TPSA) is 55.1 Å². The Bertz CT molecular complexity index is 1070. The number of benzene rings is 2. The van der Waals surface area contributed by atoms with Gasteiger partial charge in [-0.25, -0.2) is 4.98 Å². The summed E-state index contributed by atoms with van der Waals surface area (Å²) in [5, 5.41) is 13.1. The Morgan fingerprint density at radius 2 is 2.00 bits per heavy atom. The SMILES string of the molecule is N#CC(=Cc1ccc(Cl)cc1Cl)c1nc(-c2ccc3c(c2)OCO3)cs1. The molecular weight excluding hydrogens is 391 g/mol. The molecule has 4 rings (SSSR count). The molecule has 0 amide bonds. The number of thiazole rings is 1. The van der Waals surface area contributed by atoms with Gasteiger partial charge in [0.25, 0.3) is 0 Å². The first-order valence-corrected chi connectivity index (χ1v) is 9.20. The number of halogens is 2. The van der Waals surface area contributed by atoms with Crippen molar-refractivity contribution < 1.29 is 9.47 Å². The van der Waals surface area contributed by atoms with Gasteiger partial charge in [0.15, 0.2) is 11.5 Å². The van der Waals surface area contributed by atoms with Crippen molar-refractivity contribution in [3.63, 3.8) is 0 Å². The van der Waals surface area contributed by atoms with E-state index in [4.69, 9.17) is 32.7 Å². The van der Waals surface area contributed by atoms with E-state index < -0.39 is 0 Å². The average molecular weight is 401 g/mol. The molecule has 128 valence electrons. The maximum absolute atomic E-state index is 9.54. The number of nitrogens with zero attached hydrogens (tertiary/aromatic N) is 2. The summed E-state index contributed by atoms with van der Waals surface area (Å²) in [7, 11) is 0. The monoisotopic (exact) mass is 400 g/mol. The molecule has 3 aromatic rings. The van der Waals surface area contributed by atoms with E-state index in [9.17, 15) is 5.26 Å². The summed E-state index contributed by atoms with van der Waals surface area (Å²) in [6.45, 7) is 0.226. The Kier molecular flexibility index (Phi) is 4.56. The molecule has 0 fully saturated rings. The normalized spacial score (nSPS) is 12.9. The fraction of sp³-hybridized carbons (Fsp3) is 0.0526. The summed E-state index contributed by atoms with van der Waals surface area (Å²) < 4.78 is 10.7. The van der Waals surface area contributed by atoms with Crippen molar-refractivity contribution in [2.24, 2.45) is 0 Å². The highest BCUT2D eigenvalue weighted by Crippen LogP contribution is 2.37. The zero-order valence-corrected chi connectivity index (χ0v) is 15.5. The Morgan fingerprint density at radius 1 is 1.15 bits per heavy atom. The molecular formula is C19H10Cl2N2O2S. The van der Waals surface area contributed by atoms with Gasteiger partial charge in [-0.3, -0.25) is 0 Å². The van der Waals surface area contributed by atoms with Crippen LogP contribution in [0, 0.1) is 11.3 Å². The van der Waals surface area contributed by atoms with Gasteiger partial charge in [0.2, 0.25) is 6.79 Å². The highest BCUT2D eigenvalue weighted by atomic mass is 35.5. The minimum atomic E-state index is 0.226. The van der Waals surface area contributed by atoms with Crippen LogP contribution in [0.2, 0.25) is 10.0 Å². The first-order valence-electron chi connectivity index (χ1n) is 7.57. The van der Waals surface area contributed by atoms with Crippen LogP contribution in [0.25, 0.3) is 22.9 Å². The van der Waals surface area contributed by atoms with Crippen LogP contribution >= 0.6 is 34.5 Å². The number of allylic oxidation sites excluding steroid dienone is 1. The van der Waals surface area contributed by atoms with E-state index in [0.29, 0.717) is 31.9 Å². The molecule has 0 saturated carbocycles. The van der Waals surface area contributed by atoms with E-state index >= 15 is 0 Å². The summed E-state index contributed by atoms with van der Waals surface area (Å²) in [5.41, 5.74) is 2.82. The first-order chi connectivity index (χ1) is 12.6. The number of nitriles is 1. The Balaban J connectivity index is 1.68. The lowest BCUT2D eigenvalue weighted by atomic mass is 10.1. The number of ether oxygens (including phenoxy) is 2. The van der Waals surface area contributed by atoms with E-state index in [1.165, 1.54) is 11.3 Å². The smallest absolute Gasteiger partial charge is 0.231 e. The number of hydrogen-bond donors (Lipinski definition) is 0. The molecule has 7 heteroatoms. The molecule has 0 N–H and O–H groups in total. The summed E-state index contributed by atoms with van der Waals surface area (Å²) in [6, 6.07) is 13.0. The van der Waals surface area contributed by atoms with Gasteiger partial charge in [-0.2, -0.15) is 5.26 Å². The van der Waals surface area contributed by atoms with Crippen molar-refractivity contribution >= 4 is 46.2 Å². The first kappa shape index (κ1) is 16.9. The largest absolute Gasteiger partial charge is 0.454 e. The number of fused-ring (bicyclic) bond motifs is 1. The van der Waals surface area contributed by atoms with Crippen LogP contribution in [0.3, 0.4) is 0 Å². The second kappa shape index (κ2) is 7.00. The van der Waals surface area contributed by atoms with Crippen molar-refractivity contribution in [2.45, 2.75) is 0 Å². The minimum absolute atomic E-state index is 0.226. The van der Waals surface area contributed by atoms with E-state index in [-0.39, 0.29) is 6.79 Å². The minimum Gasteiger partial charge on any atom is -0.454 e. The predicted octanol–water partition coefficient (Wildman–Crippen LogP) is 5.91. The van der Waals surface area contributed by atoms with Crippen molar-refractivity contribution in [1.82, 2.24) is 4.98 Å². The van der Waals surface area contributed by atoms with Crippen molar-refractivity contribution in [1.29, 1.82) is 5.26 Å². The van der Waals surface area contributed by atoms with Crippen LogP contribution < -0.4 is 9.47 Å². The molecule has 0 saturated heterocycles. The second-order valence-corrected chi connectivity index (χ2v) is 7.14. The summed E-state index contributed by atoms with van der Waals surface area (Å²) >= 11 is 13.5. The van der Waals surface area contributed by atoms with E-state index in [2.05, 4.69) is 11.1 Å². The lowest BCUT2D eigenvalue weighted by Crippen LogP contribution is -1.92. The van der Waals surface area contributed by atoms with Gasteiger partial charge < -0.3 is 9.47 Å². The van der Waals surface area contributed by atoms with E-state index in [1.807, 2.05) is 23.6 Å². The molecule has 1 aliphatic heterocycles. The molecule has 2 heterocycles. The lowest BCUT2D eigenvalue weighted by Gasteiger charge is -2.01. The Labute approximate surface area is 163 Å².